The number of fused-ring (bicyclic) bond motifs is 1. The van der Waals surface area contributed by atoms with E-state index in [2.05, 4.69) is 12.2 Å². The fourth-order valence-corrected chi connectivity index (χ4v) is 5.88. The smallest absolute Gasteiger partial charge is 0.251 e. The Labute approximate surface area is 208 Å². The number of anilines is 1. The molecule has 2 aromatic heterocycles. The molecule has 4 aromatic rings. The predicted octanol–water partition coefficient (Wildman–Crippen LogP) is 5.48. The zero-order valence-electron chi connectivity index (χ0n) is 19.4. The van der Waals surface area contributed by atoms with E-state index in [0.29, 0.717) is 16.5 Å². The van der Waals surface area contributed by atoms with Crippen molar-refractivity contribution in [2.24, 2.45) is 11.7 Å². The molecule has 1 aliphatic carbocycles. The van der Waals surface area contributed by atoms with Gasteiger partial charge in [0.2, 0.25) is 5.91 Å². The predicted molar refractivity (Wildman–Crippen MR) is 141 cm³/mol. The second kappa shape index (κ2) is 9.72. The van der Waals surface area contributed by atoms with E-state index in [1.54, 1.807) is 10.8 Å². The first-order valence-electron chi connectivity index (χ1n) is 11.6. The molecule has 2 amide bonds. The van der Waals surface area contributed by atoms with Gasteiger partial charge in [0.1, 0.15) is 5.00 Å². The first-order valence-corrected chi connectivity index (χ1v) is 12.4. The van der Waals surface area contributed by atoms with Crippen molar-refractivity contribution in [3.63, 3.8) is 0 Å². The molecule has 0 saturated carbocycles. The molecule has 2 heterocycles. The van der Waals surface area contributed by atoms with E-state index in [1.165, 1.54) is 17.4 Å². The average molecular weight is 483 g/mol. The highest BCUT2D eigenvalue weighted by Gasteiger charge is 2.27. The molecule has 0 aliphatic heterocycles. The zero-order chi connectivity index (χ0) is 24.4. The number of nitrogens with one attached hydrogen (secondary N) is 1. The van der Waals surface area contributed by atoms with Gasteiger partial charge in [0.15, 0.2) is 0 Å². The van der Waals surface area contributed by atoms with Crippen molar-refractivity contribution in [2.75, 3.05) is 5.32 Å². The van der Waals surface area contributed by atoms with Crippen molar-refractivity contribution >= 4 is 34.2 Å². The third-order valence-electron chi connectivity index (χ3n) is 6.22. The van der Waals surface area contributed by atoms with Crippen LogP contribution in [-0.2, 0) is 17.6 Å². The van der Waals surface area contributed by atoms with Crippen LogP contribution in [0.25, 0.3) is 23.0 Å². The summed E-state index contributed by atoms with van der Waals surface area (Å²) in [4.78, 5) is 26.2. The number of benzene rings is 2. The number of para-hydroxylation sites is 1. The average Bonchev–Trinajstić information content (AvgIpc) is 3.45. The maximum Gasteiger partial charge on any atom is 0.251 e. The Kier molecular flexibility index (Phi) is 6.33. The Hall–Kier alpha value is -3.97. The number of aromatic nitrogens is 2. The molecular formula is C28H26N4O2S. The first-order chi connectivity index (χ1) is 17.0. The summed E-state index contributed by atoms with van der Waals surface area (Å²) in [6.07, 6.45) is 7.88. The van der Waals surface area contributed by atoms with Crippen LogP contribution >= 0.6 is 11.3 Å². The lowest BCUT2D eigenvalue weighted by molar-refractivity contribution is -0.111. The maximum atomic E-state index is 12.9. The minimum Gasteiger partial charge on any atom is -0.365 e. The van der Waals surface area contributed by atoms with Crippen LogP contribution in [0.2, 0.25) is 0 Å². The first kappa shape index (κ1) is 22.8. The summed E-state index contributed by atoms with van der Waals surface area (Å²) in [5.74, 6) is -0.250. The Morgan fingerprint density at radius 1 is 1.11 bits per heavy atom. The lowest BCUT2D eigenvalue weighted by Crippen LogP contribution is -2.18. The lowest BCUT2D eigenvalue weighted by Gasteiger charge is -2.18. The van der Waals surface area contributed by atoms with Gasteiger partial charge < -0.3 is 11.1 Å². The number of rotatable bonds is 6. The molecule has 1 unspecified atom stereocenters. The van der Waals surface area contributed by atoms with Crippen molar-refractivity contribution in [3.8, 4) is 16.9 Å². The van der Waals surface area contributed by atoms with Gasteiger partial charge in [0.25, 0.3) is 5.91 Å². The van der Waals surface area contributed by atoms with Gasteiger partial charge in [-0.2, -0.15) is 5.10 Å². The molecule has 1 atom stereocenters. The molecule has 5 rings (SSSR count). The highest BCUT2D eigenvalue weighted by atomic mass is 32.1. The number of nitrogens with zero attached hydrogens (tertiary/aromatic N) is 2. The number of hydrogen-bond acceptors (Lipinski definition) is 4. The molecule has 0 radical (unpaired) electrons. The molecule has 2 aromatic carbocycles. The maximum absolute atomic E-state index is 12.9. The largest absolute Gasteiger partial charge is 0.365 e. The van der Waals surface area contributed by atoms with Crippen LogP contribution in [0.3, 0.4) is 0 Å². The summed E-state index contributed by atoms with van der Waals surface area (Å²) in [7, 11) is 0. The van der Waals surface area contributed by atoms with Crippen molar-refractivity contribution in [1.29, 1.82) is 0 Å². The number of primary amides is 1. The summed E-state index contributed by atoms with van der Waals surface area (Å²) in [5, 5.41) is 8.21. The van der Waals surface area contributed by atoms with Gasteiger partial charge in [0.05, 0.1) is 16.9 Å². The Morgan fingerprint density at radius 2 is 1.83 bits per heavy atom. The van der Waals surface area contributed by atoms with Crippen LogP contribution in [0.1, 0.15) is 39.7 Å². The van der Waals surface area contributed by atoms with Crippen LogP contribution in [0, 0.1) is 5.92 Å². The number of carbonyl (C=O) groups excluding carboxylic acids is 2. The summed E-state index contributed by atoms with van der Waals surface area (Å²) in [6.45, 7) is 2.20. The molecule has 1 aliphatic rings. The van der Waals surface area contributed by atoms with Crippen LogP contribution in [0.5, 0.6) is 0 Å². The fraction of sp³-hybridized carbons (Fsp3) is 0.179. The van der Waals surface area contributed by atoms with Crippen molar-refractivity contribution < 1.29 is 9.59 Å². The van der Waals surface area contributed by atoms with Gasteiger partial charge >= 0.3 is 0 Å². The Bertz CT molecular complexity index is 1400. The summed E-state index contributed by atoms with van der Waals surface area (Å²) in [5.41, 5.74) is 10.6. The molecular weight excluding hydrogens is 456 g/mol. The molecule has 35 heavy (non-hydrogen) atoms. The van der Waals surface area contributed by atoms with Crippen LogP contribution < -0.4 is 11.1 Å². The van der Waals surface area contributed by atoms with Crippen molar-refractivity contribution in [3.05, 3.63) is 94.5 Å². The van der Waals surface area contributed by atoms with E-state index in [9.17, 15) is 9.59 Å². The Morgan fingerprint density at radius 3 is 2.54 bits per heavy atom. The third-order valence-corrected chi connectivity index (χ3v) is 7.39. The molecule has 176 valence electrons. The molecule has 7 heteroatoms. The van der Waals surface area contributed by atoms with Crippen LogP contribution in [-0.4, -0.2) is 21.6 Å². The van der Waals surface area contributed by atoms with Gasteiger partial charge in [-0.05, 0) is 49.0 Å². The highest BCUT2D eigenvalue weighted by Crippen LogP contribution is 2.39. The second-order valence-electron chi connectivity index (χ2n) is 8.82. The van der Waals surface area contributed by atoms with E-state index >= 15 is 0 Å². The molecule has 3 N–H and O–H groups in total. The van der Waals surface area contributed by atoms with Gasteiger partial charge in [-0.3, -0.25) is 9.59 Å². The number of hydrogen-bond donors (Lipinski definition) is 2. The minimum absolute atomic E-state index is 0.314. The van der Waals surface area contributed by atoms with Gasteiger partial charge in [-0.15, -0.1) is 11.3 Å². The van der Waals surface area contributed by atoms with E-state index in [0.717, 1.165) is 52.2 Å². The Balaban J connectivity index is 1.44. The minimum atomic E-state index is -0.494. The monoisotopic (exact) mass is 482 g/mol. The number of carbonyl (C=O) groups is 2. The van der Waals surface area contributed by atoms with Gasteiger partial charge in [-0.1, -0.05) is 55.5 Å². The van der Waals surface area contributed by atoms with Crippen LogP contribution in [0.4, 0.5) is 5.00 Å². The molecule has 6 nitrogen and oxygen atoms in total. The SMILES string of the molecule is CC1CCc2c(sc(NC(=O)/C=C/c3cn(-c4ccccc4)nc3-c3ccccc3)c2C(N)=O)C1. The fourth-order valence-electron chi connectivity index (χ4n) is 4.46. The number of nitrogens with two attached hydrogens (primary N) is 1. The quantitative estimate of drug-likeness (QED) is 0.357. The summed E-state index contributed by atoms with van der Waals surface area (Å²) < 4.78 is 1.81. The highest BCUT2D eigenvalue weighted by molar-refractivity contribution is 7.17. The van der Waals surface area contributed by atoms with Crippen molar-refractivity contribution in [1.82, 2.24) is 9.78 Å². The molecule has 0 bridgehead atoms. The topological polar surface area (TPSA) is 90.0 Å². The van der Waals surface area contributed by atoms with E-state index < -0.39 is 5.91 Å². The molecule has 0 spiro atoms. The van der Waals surface area contributed by atoms with E-state index in [1.807, 2.05) is 66.9 Å². The third kappa shape index (κ3) is 4.81. The van der Waals surface area contributed by atoms with Crippen molar-refractivity contribution in [2.45, 2.75) is 26.2 Å². The van der Waals surface area contributed by atoms with Gasteiger partial charge in [-0.25, -0.2) is 4.68 Å². The van der Waals surface area contributed by atoms with E-state index in [4.69, 9.17) is 10.8 Å². The summed E-state index contributed by atoms with van der Waals surface area (Å²) >= 11 is 1.46. The lowest BCUT2D eigenvalue weighted by atomic mass is 9.88. The van der Waals surface area contributed by atoms with Gasteiger partial charge in [0, 0.05) is 28.3 Å². The molecule has 0 fully saturated rings. The molecule has 0 saturated heterocycles. The normalized spacial score (nSPS) is 15.2. The summed E-state index contributed by atoms with van der Waals surface area (Å²) in [6, 6.07) is 19.7. The van der Waals surface area contributed by atoms with E-state index in [-0.39, 0.29) is 5.91 Å². The second-order valence-corrected chi connectivity index (χ2v) is 9.93. The zero-order valence-corrected chi connectivity index (χ0v) is 20.2. The number of amides is 2. The standard InChI is InChI=1S/C28H26N4O2S/c1-18-12-14-22-23(16-18)35-28(25(22)27(29)34)30-24(33)15-13-20-17-32(21-10-6-3-7-11-21)31-26(20)19-8-4-2-5-9-19/h2-11,13,15,17-18H,12,14,16H2,1H3,(H2,29,34)(H,30,33)/b15-13+. The van der Waals surface area contributed by atoms with Crippen LogP contribution in [0.15, 0.2) is 72.9 Å². The number of thiophene rings is 1.